The molecular formula is C11H20N4O2. The van der Waals surface area contributed by atoms with Gasteiger partial charge in [0.15, 0.2) is 0 Å². The van der Waals surface area contributed by atoms with Crippen LogP contribution in [0.1, 0.15) is 56.0 Å². The number of nitrogens with zero attached hydrogens (tertiary/aromatic N) is 2. The first-order valence-corrected chi connectivity index (χ1v) is 5.93. The van der Waals surface area contributed by atoms with E-state index in [-0.39, 0.29) is 23.8 Å². The van der Waals surface area contributed by atoms with E-state index < -0.39 is 0 Å². The average Bonchev–Trinajstić information content (AvgIpc) is 2.78. The van der Waals surface area contributed by atoms with E-state index in [0.29, 0.717) is 25.2 Å². The summed E-state index contributed by atoms with van der Waals surface area (Å²) < 4.78 is 0. The number of rotatable bonds is 6. The average molecular weight is 240 g/mol. The fourth-order valence-corrected chi connectivity index (χ4v) is 1.27. The number of aromatic nitrogens is 3. The molecule has 0 aliphatic carbocycles. The van der Waals surface area contributed by atoms with Gasteiger partial charge in [0.1, 0.15) is 5.82 Å². The molecule has 1 heterocycles. The summed E-state index contributed by atoms with van der Waals surface area (Å²) in [5, 5.41) is 18.6. The first-order valence-electron chi connectivity index (χ1n) is 5.93. The molecule has 1 rings (SSSR count). The molecule has 1 aromatic heterocycles. The monoisotopic (exact) mass is 240 g/mol. The van der Waals surface area contributed by atoms with Gasteiger partial charge < -0.3 is 10.4 Å². The molecule has 1 atom stereocenters. The van der Waals surface area contributed by atoms with Gasteiger partial charge in [0.05, 0.1) is 6.10 Å². The van der Waals surface area contributed by atoms with Crippen molar-refractivity contribution in [2.75, 3.05) is 6.54 Å². The number of hydrogen-bond acceptors (Lipinski definition) is 4. The number of carbonyl (C=O) groups is 1. The van der Waals surface area contributed by atoms with Crippen LogP contribution in [0.5, 0.6) is 0 Å². The van der Waals surface area contributed by atoms with Gasteiger partial charge >= 0.3 is 0 Å². The molecule has 0 spiro atoms. The number of aliphatic hydroxyl groups excluding tert-OH is 1. The van der Waals surface area contributed by atoms with Crippen LogP contribution in [0.15, 0.2) is 0 Å². The van der Waals surface area contributed by atoms with Crippen LogP contribution in [0.25, 0.3) is 0 Å². The van der Waals surface area contributed by atoms with Crippen LogP contribution in [-0.2, 0) is 0 Å². The number of amides is 1. The van der Waals surface area contributed by atoms with E-state index in [1.54, 1.807) is 0 Å². The Bertz CT molecular complexity index is 362. The number of aliphatic hydroxyl groups is 1. The molecule has 0 aliphatic heterocycles. The summed E-state index contributed by atoms with van der Waals surface area (Å²) >= 11 is 0. The highest BCUT2D eigenvalue weighted by atomic mass is 16.3. The van der Waals surface area contributed by atoms with Crippen molar-refractivity contribution in [3.05, 3.63) is 11.6 Å². The van der Waals surface area contributed by atoms with Gasteiger partial charge in [-0.25, -0.2) is 4.98 Å². The van der Waals surface area contributed by atoms with E-state index in [4.69, 9.17) is 0 Å². The van der Waals surface area contributed by atoms with Gasteiger partial charge in [-0.05, 0) is 12.8 Å². The van der Waals surface area contributed by atoms with Gasteiger partial charge in [-0.1, -0.05) is 20.8 Å². The number of aromatic amines is 1. The van der Waals surface area contributed by atoms with Crippen molar-refractivity contribution in [2.24, 2.45) is 0 Å². The molecule has 1 amide bonds. The summed E-state index contributed by atoms with van der Waals surface area (Å²) in [5.74, 6) is 0.755. The Kier molecular flexibility index (Phi) is 5.09. The second-order valence-corrected chi connectivity index (χ2v) is 4.31. The highest BCUT2D eigenvalue weighted by molar-refractivity contribution is 5.90. The molecule has 0 saturated carbocycles. The smallest absolute Gasteiger partial charge is 0.290 e. The van der Waals surface area contributed by atoms with Gasteiger partial charge in [-0.3, -0.25) is 9.89 Å². The standard InChI is InChI=1S/C11H20N4O2/c1-4-8(16)5-6-12-11(17)10-13-9(7(2)3)14-15-10/h7-8,16H,4-6H2,1-3H3,(H,12,17)(H,13,14,15). The van der Waals surface area contributed by atoms with E-state index in [2.05, 4.69) is 20.5 Å². The summed E-state index contributed by atoms with van der Waals surface area (Å²) in [6.45, 7) is 6.27. The second kappa shape index (κ2) is 6.34. The Labute approximate surface area is 101 Å². The Morgan fingerprint density at radius 2 is 2.24 bits per heavy atom. The number of hydrogen-bond donors (Lipinski definition) is 3. The van der Waals surface area contributed by atoms with Crippen LogP contribution in [0.2, 0.25) is 0 Å². The zero-order valence-corrected chi connectivity index (χ0v) is 10.5. The molecule has 96 valence electrons. The van der Waals surface area contributed by atoms with Crippen LogP contribution in [0.3, 0.4) is 0 Å². The van der Waals surface area contributed by atoms with Crippen molar-refractivity contribution in [1.29, 1.82) is 0 Å². The topological polar surface area (TPSA) is 90.9 Å². The highest BCUT2D eigenvalue weighted by Gasteiger charge is 2.13. The minimum atomic E-state index is -0.367. The lowest BCUT2D eigenvalue weighted by molar-refractivity contribution is 0.0932. The Morgan fingerprint density at radius 3 is 2.76 bits per heavy atom. The third-order valence-corrected chi connectivity index (χ3v) is 2.49. The maximum atomic E-state index is 11.6. The van der Waals surface area contributed by atoms with Crippen molar-refractivity contribution in [3.63, 3.8) is 0 Å². The summed E-state index contributed by atoms with van der Waals surface area (Å²) in [6.07, 6.45) is 0.867. The van der Waals surface area contributed by atoms with Crippen LogP contribution in [0.4, 0.5) is 0 Å². The van der Waals surface area contributed by atoms with E-state index in [0.717, 1.165) is 0 Å². The third kappa shape index (κ3) is 4.14. The van der Waals surface area contributed by atoms with Crippen molar-refractivity contribution >= 4 is 5.91 Å². The molecule has 1 unspecified atom stereocenters. The maximum Gasteiger partial charge on any atom is 0.290 e. The number of H-pyrrole nitrogens is 1. The molecule has 17 heavy (non-hydrogen) atoms. The Hall–Kier alpha value is -1.43. The lowest BCUT2D eigenvalue weighted by atomic mass is 10.2. The van der Waals surface area contributed by atoms with E-state index in [9.17, 15) is 9.90 Å². The molecular weight excluding hydrogens is 220 g/mol. The Morgan fingerprint density at radius 1 is 1.53 bits per heavy atom. The molecule has 3 N–H and O–H groups in total. The van der Waals surface area contributed by atoms with Gasteiger partial charge in [-0.2, -0.15) is 0 Å². The van der Waals surface area contributed by atoms with Crippen molar-refractivity contribution in [2.45, 2.75) is 45.6 Å². The molecule has 0 saturated heterocycles. The summed E-state index contributed by atoms with van der Waals surface area (Å²) in [5.41, 5.74) is 0. The molecule has 1 aromatic rings. The van der Waals surface area contributed by atoms with Gasteiger partial charge in [0.25, 0.3) is 5.91 Å². The lowest BCUT2D eigenvalue weighted by Crippen LogP contribution is -2.27. The van der Waals surface area contributed by atoms with Crippen LogP contribution < -0.4 is 5.32 Å². The van der Waals surface area contributed by atoms with E-state index >= 15 is 0 Å². The molecule has 0 aliphatic rings. The second-order valence-electron chi connectivity index (χ2n) is 4.31. The first-order chi connectivity index (χ1) is 8.04. The molecule has 0 fully saturated rings. The van der Waals surface area contributed by atoms with Crippen molar-refractivity contribution in [3.8, 4) is 0 Å². The molecule has 0 radical (unpaired) electrons. The third-order valence-electron chi connectivity index (χ3n) is 2.49. The predicted octanol–water partition coefficient (Wildman–Crippen LogP) is 0.819. The van der Waals surface area contributed by atoms with Gasteiger partial charge in [0.2, 0.25) is 5.82 Å². The maximum absolute atomic E-state index is 11.6. The quantitative estimate of drug-likeness (QED) is 0.686. The van der Waals surface area contributed by atoms with Crippen molar-refractivity contribution < 1.29 is 9.90 Å². The van der Waals surface area contributed by atoms with Gasteiger partial charge in [0, 0.05) is 12.5 Å². The molecule has 6 heteroatoms. The Balaban J connectivity index is 2.41. The number of carbonyl (C=O) groups excluding carboxylic acids is 1. The predicted molar refractivity (Wildman–Crippen MR) is 63.7 cm³/mol. The normalized spacial score (nSPS) is 12.8. The first kappa shape index (κ1) is 13.6. The minimum Gasteiger partial charge on any atom is -0.393 e. The van der Waals surface area contributed by atoms with E-state index in [1.165, 1.54) is 0 Å². The molecule has 6 nitrogen and oxygen atoms in total. The zero-order valence-electron chi connectivity index (χ0n) is 10.5. The van der Waals surface area contributed by atoms with Crippen LogP contribution in [-0.4, -0.2) is 38.8 Å². The molecule has 0 bridgehead atoms. The zero-order chi connectivity index (χ0) is 12.8. The molecule has 0 aromatic carbocycles. The summed E-state index contributed by atoms with van der Waals surface area (Å²) in [6, 6.07) is 0. The van der Waals surface area contributed by atoms with Crippen LogP contribution >= 0.6 is 0 Å². The number of nitrogens with one attached hydrogen (secondary N) is 2. The summed E-state index contributed by atoms with van der Waals surface area (Å²) in [7, 11) is 0. The highest BCUT2D eigenvalue weighted by Crippen LogP contribution is 2.07. The van der Waals surface area contributed by atoms with E-state index in [1.807, 2.05) is 20.8 Å². The minimum absolute atomic E-state index is 0.152. The van der Waals surface area contributed by atoms with Crippen molar-refractivity contribution in [1.82, 2.24) is 20.5 Å². The fraction of sp³-hybridized carbons (Fsp3) is 0.727. The summed E-state index contributed by atoms with van der Waals surface area (Å²) in [4.78, 5) is 15.7. The van der Waals surface area contributed by atoms with Crippen LogP contribution in [0, 0.1) is 0 Å². The van der Waals surface area contributed by atoms with Gasteiger partial charge in [-0.15, -0.1) is 5.10 Å². The largest absolute Gasteiger partial charge is 0.393 e. The fourth-order valence-electron chi connectivity index (χ4n) is 1.27. The SMILES string of the molecule is CCC(O)CCNC(=O)c1n[nH]c(C(C)C)n1. The lowest BCUT2D eigenvalue weighted by Gasteiger charge is -2.07.